The Morgan fingerprint density at radius 1 is 1.33 bits per heavy atom. The summed E-state index contributed by atoms with van der Waals surface area (Å²) in [4.78, 5) is 11.8. The first-order valence-electron chi connectivity index (χ1n) is 5.88. The fourth-order valence-electron chi connectivity index (χ4n) is 2.41. The Hall–Kier alpha value is -0.610. The molecule has 2 rings (SSSR count). The molecule has 4 N–H and O–H groups in total. The van der Waals surface area contributed by atoms with E-state index in [0.717, 1.165) is 38.5 Å². The Balaban J connectivity index is 1.83. The average molecular weight is 212 g/mol. The van der Waals surface area contributed by atoms with Crippen LogP contribution in [0.4, 0.5) is 0 Å². The topological polar surface area (TPSA) is 75.4 Å². The molecule has 2 atom stereocenters. The Morgan fingerprint density at radius 3 is 2.60 bits per heavy atom. The van der Waals surface area contributed by atoms with E-state index in [9.17, 15) is 9.90 Å². The minimum absolute atomic E-state index is 0.0205. The summed E-state index contributed by atoms with van der Waals surface area (Å²) in [5.74, 6) is -0.0205. The molecule has 15 heavy (non-hydrogen) atoms. The van der Waals surface area contributed by atoms with Crippen LogP contribution in [0.1, 0.15) is 44.9 Å². The third-order valence-corrected chi connectivity index (χ3v) is 3.68. The van der Waals surface area contributed by atoms with Crippen LogP contribution in [0.25, 0.3) is 0 Å². The molecule has 2 saturated carbocycles. The number of nitrogens with one attached hydrogen (secondary N) is 1. The van der Waals surface area contributed by atoms with Crippen molar-refractivity contribution in [3.05, 3.63) is 0 Å². The normalized spacial score (nSPS) is 34.3. The average Bonchev–Trinajstić information content (AvgIpc) is 2.14. The summed E-state index contributed by atoms with van der Waals surface area (Å²) < 4.78 is 0. The summed E-state index contributed by atoms with van der Waals surface area (Å²) in [6, 6.07) is 0.127. The van der Waals surface area contributed by atoms with Crippen molar-refractivity contribution in [2.45, 2.75) is 62.6 Å². The van der Waals surface area contributed by atoms with Gasteiger partial charge in [-0.2, -0.15) is 0 Å². The smallest absolute Gasteiger partial charge is 0.240 e. The van der Waals surface area contributed by atoms with E-state index in [1.165, 1.54) is 0 Å². The summed E-state index contributed by atoms with van der Waals surface area (Å²) in [5, 5.41) is 12.5. The molecule has 1 amide bonds. The molecule has 0 aliphatic heterocycles. The number of carbonyl (C=O) groups excluding carboxylic acids is 1. The number of hydrogen-bond acceptors (Lipinski definition) is 3. The van der Waals surface area contributed by atoms with Gasteiger partial charge in [0.05, 0.1) is 11.6 Å². The lowest BCUT2D eigenvalue weighted by molar-refractivity contribution is -0.130. The Labute approximate surface area is 90.2 Å². The van der Waals surface area contributed by atoms with E-state index in [4.69, 9.17) is 5.73 Å². The molecule has 0 heterocycles. The molecule has 0 aromatic carbocycles. The van der Waals surface area contributed by atoms with Crippen LogP contribution in [-0.4, -0.2) is 28.7 Å². The van der Waals surface area contributed by atoms with Crippen molar-refractivity contribution in [2.24, 2.45) is 5.73 Å². The van der Waals surface area contributed by atoms with Gasteiger partial charge < -0.3 is 16.2 Å². The van der Waals surface area contributed by atoms with Crippen LogP contribution in [0, 0.1) is 0 Å². The molecule has 2 fully saturated rings. The zero-order valence-corrected chi connectivity index (χ0v) is 9.04. The van der Waals surface area contributed by atoms with E-state index >= 15 is 0 Å². The lowest BCUT2D eigenvalue weighted by Crippen LogP contribution is -2.60. The third-order valence-electron chi connectivity index (χ3n) is 3.68. The highest BCUT2D eigenvalue weighted by atomic mass is 16.3. The number of amides is 1. The van der Waals surface area contributed by atoms with Crippen LogP contribution >= 0.6 is 0 Å². The molecule has 0 radical (unpaired) electrons. The number of hydrogen-bond donors (Lipinski definition) is 3. The van der Waals surface area contributed by atoms with Gasteiger partial charge in [-0.15, -0.1) is 0 Å². The van der Waals surface area contributed by atoms with E-state index in [0.29, 0.717) is 6.42 Å². The fraction of sp³-hybridized carbons (Fsp3) is 0.909. The number of nitrogens with two attached hydrogens (primary N) is 1. The van der Waals surface area contributed by atoms with Crippen molar-refractivity contribution < 1.29 is 9.90 Å². The zero-order chi connectivity index (χ0) is 10.9. The molecule has 2 aliphatic rings. The van der Waals surface area contributed by atoms with E-state index < -0.39 is 5.54 Å². The molecular formula is C11H20N2O2. The van der Waals surface area contributed by atoms with Gasteiger partial charge in [-0.25, -0.2) is 0 Å². The lowest BCUT2D eigenvalue weighted by atomic mass is 9.76. The molecule has 86 valence electrons. The maximum absolute atomic E-state index is 11.8. The highest BCUT2D eigenvalue weighted by Gasteiger charge is 2.41. The van der Waals surface area contributed by atoms with Crippen LogP contribution in [0.5, 0.6) is 0 Å². The van der Waals surface area contributed by atoms with Crippen LogP contribution in [0.15, 0.2) is 0 Å². The Kier molecular flexibility index (Phi) is 2.98. The van der Waals surface area contributed by atoms with E-state index in [-0.39, 0.29) is 18.1 Å². The fourth-order valence-corrected chi connectivity index (χ4v) is 2.41. The zero-order valence-electron chi connectivity index (χ0n) is 9.04. The van der Waals surface area contributed by atoms with E-state index in [1.54, 1.807) is 0 Å². The monoisotopic (exact) mass is 212 g/mol. The first-order valence-corrected chi connectivity index (χ1v) is 5.88. The molecule has 0 saturated heterocycles. The van der Waals surface area contributed by atoms with Gasteiger partial charge in [0.25, 0.3) is 0 Å². The first-order chi connectivity index (χ1) is 7.10. The second-order valence-corrected chi connectivity index (χ2v) is 5.00. The maximum Gasteiger partial charge on any atom is 0.240 e. The largest absolute Gasteiger partial charge is 0.393 e. The van der Waals surface area contributed by atoms with Gasteiger partial charge in [0, 0.05) is 6.04 Å². The van der Waals surface area contributed by atoms with Gasteiger partial charge in [-0.1, -0.05) is 0 Å². The predicted octanol–water partition coefficient (Wildman–Crippen LogP) is 0.287. The molecule has 2 aliphatic carbocycles. The van der Waals surface area contributed by atoms with E-state index in [1.807, 2.05) is 0 Å². The van der Waals surface area contributed by atoms with Gasteiger partial charge in [-0.3, -0.25) is 4.79 Å². The summed E-state index contributed by atoms with van der Waals surface area (Å²) in [6.07, 6.45) is 5.91. The minimum atomic E-state index is -0.609. The van der Waals surface area contributed by atoms with Crippen molar-refractivity contribution in [3.8, 4) is 0 Å². The first kappa shape index (κ1) is 10.9. The molecule has 4 heteroatoms. The summed E-state index contributed by atoms with van der Waals surface area (Å²) in [7, 11) is 0. The second-order valence-electron chi connectivity index (χ2n) is 5.00. The van der Waals surface area contributed by atoms with Crippen molar-refractivity contribution in [1.82, 2.24) is 5.32 Å². The molecule has 0 aromatic rings. The van der Waals surface area contributed by atoms with Gasteiger partial charge in [0.1, 0.15) is 0 Å². The van der Waals surface area contributed by atoms with Crippen LogP contribution in [0.2, 0.25) is 0 Å². The minimum Gasteiger partial charge on any atom is -0.393 e. The highest BCUT2D eigenvalue weighted by molar-refractivity contribution is 5.87. The number of aliphatic hydroxyl groups excluding tert-OH is 1. The van der Waals surface area contributed by atoms with Crippen molar-refractivity contribution in [1.29, 1.82) is 0 Å². The van der Waals surface area contributed by atoms with Crippen molar-refractivity contribution >= 4 is 5.91 Å². The van der Waals surface area contributed by atoms with E-state index in [2.05, 4.69) is 5.32 Å². The molecule has 0 spiro atoms. The number of aliphatic hydroxyl groups is 1. The standard InChI is InChI=1S/C11H20N2O2/c12-11(5-2-6-11)10(15)13-8-3-1-4-9(14)7-8/h8-9,14H,1-7,12H2,(H,13,15). The predicted molar refractivity (Wildman–Crippen MR) is 57.2 cm³/mol. The van der Waals surface area contributed by atoms with Crippen molar-refractivity contribution in [2.75, 3.05) is 0 Å². The lowest BCUT2D eigenvalue weighted by Gasteiger charge is -2.38. The number of rotatable bonds is 2. The Morgan fingerprint density at radius 2 is 2.07 bits per heavy atom. The molecule has 0 aromatic heterocycles. The maximum atomic E-state index is 11.8. The van der Waals surface area contributed by atoms with Gasteiger partial charge in [0.2, 0.25) is 5.91 Å². The SMILES string of the molecule is NC1(C(=O)NC2CCCC(O)C2)CCC1. The van der Waals surface area contributed by atoms with Crippen LogP contribution in [0.3, 0.4) is 0 Å². The third kappa shape index (κ3) is 2.32. The quantitative estimate of drug-likeness (QED) is 0.615. The summed E-state index contributed by atoms with van der Waals surface area (Å²) >= 11 is 0. The Bertz CT molecular complexity index is 251. The molecule has 0 bridgehead atoms. The van der Waals surface area contributed by atoms with Crippen LogP contribution in [-0.2, 0) is 4.79 Å². The number of carbonyl (C=O) groups is 1. The summed E-state index contributed by atoms with van der Waals surface area (Å²) in [6.45, 7) is 0. The van der Waals surface area contributed by atoms with Crippen LogP contribution < -0.4 is 11.1 Å². The molecule has 2 unspecified atom stereocenters. The van der Waals surface area contributed by atoms with Gasteiger partial charge >= 0.3 is 0 Å². The van der Waals surface area contributed by atoms with Gasteiger partial charge in [-0.05, 0) is 44.9 Å². The van der Waals surface area contributed by atoms with Gasteiger partial charge in [0.15, 0.2) is 0 Å². The second kappa shape index (κ2) is 4.10. The highest BCUT2D eigenvalue weighted by Crippen LogP contribution is 2.30. The van der Waals surface area contributed by atoms with Crippen molar-refractivity contribution in [3.63, 3.8) is 0 Å². The summed E-state index contributed by atoms with van der Waals surface area (Å²) in [5.41, 5.74) is 5.31. The molecular weight excluding hydrogens is 192 g/mol. The molecule has 4 nitrogen and oxygen atoms in total.